The number of rotatable bonds is 6. The molecule has 0 aromatic carbocycles. The van der Waals surface area contributed by atoms with Gasteiger partial charge in [0.25, 0.3) is 5.91 Å². The number of carbonyl (C=O) groups is 1. The average molecular weight is 383 g/mol. The molecule has 140 valence electrons. The molecular formula is C20H21N3O3S. The summed E-state index contributed by atoms with van der Waals surface area (Å²) in [5.74, 6) is 0.654. The van der Waals surface area contributed by atoms with Gasteiger partial charge in [-0.2, -0.15) is 0 Å². The lowest BCUT2D eigenvalue weighted by Crippen LogP contribution is -2.23. The number of nitrogens with zero attached hydrogens (tertiary/aromatic N) is 1. The minimum atomic E-state index is -0.0817. The van der Waals surface area contributed by atoms with Crippen molar-refractivity contribution >= 4 is 17.2 Å². The predicted molar refractivity (Wildman–Crippen MR) is 104 cm³/mol. The van der Waals surface area contributed by atoms with Crippen LogP contribution in [0.4, 0.5) is 0 Å². The van der Waals surface area contributed by atoms with Crippen LogP contribution >= 0.6 is 11.3 Å². The predicted octanol–water partition coefficient (Wildman–Crippen LogP) is 3.30. The van der Waals surface area contributed by atoms with Crippen LogP contribution in [0.3, 0.4) is 0 Å². The zero-order valence-electron chi connectivity index (χ0n) is 14.8. The Balaban J connectivity index is 1.42. The lowest BCUT2D eigenvalue weighted by Gasteiger charge is -2.23. The monoisotopic (exact) mass is 383 g/mol. The Kier molecular flexibility index (Phi) is 5.22. The highest BCUT2D eigenvalue weighted by molar-refractivity contribution is 7.14. The van der Waals surface area contributed by atoms with Crippen molar-refractivity contribution < 1.29 is 9.21 Å². The van der Waals surface area contributed by atoms with Gasteiger partial charge in [0.2, 0.25) is 5.56 Å². The van der Waals surface area contributed by atoms with Gasteiger partial charge in [-0.3, -0.25) is 14.5 Å². The van der Waals surface area contributed by atoms with Crippen LogP contribution in [0.2, 0.25) is 0 Å². The number of carbonyl (C=O) groups excluding carboxylic acids is 1. The van der Waals surface area contributed by atoms with Crippen LogP contribution in [0, 0.1) is 0 Å². The first kappa shape index (κ1) is 17.8. The highest BCUT2D eigenvalue weighted by Gasteiger charge is 2.27. The maximum absolute atomic E-state index is 12.4. The summed E-state index contributed by atoms with van der Waals surface area (Å²) in [6.07, 6.45) is 5.47. The van der Waals surface area contributed by atoms with Crippen LogP contribution in [0.5, 0.6) is 0 Å². The van der Waals surface area contributed by atoms with E-state index in [1.165, 1.54) is 4.88 Å². The molecule has 4 rings (SSSR count). The zero-order chi connectivity index (χ0) is 18.6. The quantitative estimate of drug-likeness (QED) is 0.685. The number of likely N-dealkylation sites (tertiary alicyclic amines) is 1. The van der Waals surface area contributed by atoms with Crippen molar-refractivity contribution in [3.8, 4) is 0 Å². The van der Waals surface area contributed by atoms with E-state index in [0.29, 0.717) is 17.5 Å². The molecule has 6 nitrogen and oxygen atoms in total. The molecule has 0 bridgehead atoms. The molecule has 0 saturated carbocycles. The van der Waals surface area contributed by atoms with Crippen LogP contribution in [-0.2, 0) is 13.1 Å². The number of aromatic nitrogens is 1. The number of amides is 1. The second-order valence-corrected chi connectivity index (χ2v) is 7.77. The Labute approximate surface area is 160 Å². The molecule has 7 heteroatoms. The van der Waals surface area contributed by atoms with E-state index in [-0.39, 0.29) is 11.5 Å². The lowest BCUT2D eigenvalue weighted by atomic mass is 10.1. The summed E-state index contributed by atoms with van der Waals surface area (Å²) in [5, 5.41) is 2.89. The molecule has 3 aromatic heterocycles. The Hall–Kier alpha value is -2.64. The third-order valence-corrected chi connectivity index (χ3v) is 5.96. The fourth-order valence-electron chi connectivity index (χ4n) is 3.48. The molecule has 0 radical (unpaired) electrons. The van der Waals surface area contributed by atoms with Gasteiger partial charge < -0.3 is 14.7 Å². The normalized spacial score (nSPS) is 17.3. The van der Waals surface area contributed by atoms with Crippen molar-refractivity contribution in [2.75, 3.05) is 6.54 Å². The molecule has 0 spiro atoms. The van der Waals surface area contributed by atoms with Crippen molar-refractivity contribution in [2.24, 2.45) is 0 Å². The van der Waals surface area contributed by atoms with Gasteiger partial charge >= 0.3 is 0 Å². The van der Waals surface area contributed by atoms with E-state index in [0.717, 1.165) is 37.3 Å². The smallest absolute Gasteiger partial charge is 0.261 e. The number of nitrogens with one attached hydrogen (secondary N) is 2. The lowest BCUT2D eigenvalue weighted by molar-refractivity contribution is 0.0952. The Morgan fingerprint density at radius 1 is 1.33 bits per heavy atom. The number of furan rings is 1. The average Bonchev–Trinajstić information content (AvgIpc) is 3.41. The summed E-state index contributed by atoms with van der Waals surface area (Å²) in [7, 11) is 0. The minimum absolute atomic E-state index is 0.0742. The van der Waals surface area contributed by atoms with Gasteiger partial charge in [-0.05, 0) is 55.3 Å². The Morgan fingerprint density at radius 3 is 3.07 bits per heavy atom. The van der Waals surface area contributed by atoms with Crippen molar-refractivity contribution in [1.29, 1.82) is 0 Å². The summed E-state index contributed by atoms with van der Waals surface area (Å²) < 4.78 is 5.24. The van der Waals surface area contributed by atoms with E-state index in [1.807, 2.05) is 24.3 Å². The summed E-state index contributed by atoms with van der Waals surface area (Å²) >= 11 is 1.54. The number of H-pyrrole nitrogens is 1. The fourth-order valence-corrected chi connectivity index (χ4v) is 4.58. The highest BCUT2D eigenvalue weighted by Crippen LogP contribution is 2.36. The number of thiophene rings is 1. The molecule has 3 aromatic rings. The van der Waals surface area contributed by atoms with Crippen molar-refractivity contribution in [3.63, 3.8) is 0 Å². The molecule has 1 aliphatic rings. The molecule has 2 N–H and O–H groups in total. The van der Waals surface area contributed by atoms with E-state index in [2.05, 4.69) is 15.2 Å². The SMILES string of the molecule is O=C(NCc1ccco1)c1ccc([C@@H]2CCCN2Cc2cc[nH]c(=O)c2)s1. The number of aromatic amines is 1. The minimum Gasteiger partial charge on any atom is -0.467 e. The maximum atomic E-state index is 12.4. The Morgan fingerprint density at radius 2 is 2.26 bits per heavy atom. The van der Waals surface area contributed by atoms with Gasteiger partial charge in [-0.15, -0.1) is 11.3 Å². The summed E-state index contributed by atoms with van der Waals surface area (Å²) in [5.41, 5.74) is 0.938. The van der Waals surface area contributed by atoms with E-state index in [1.54, 1.807) is 35.9 Å². The first-order valence-electron chi connectivity index (χ1n) is 9.01. The van der Waals surface area contributed by atoms with Crippen LogP contribution < -0.4 is 10.9 Å². The largest absolute Gasteiger partial charge is 0.467 e. The standard InChI is InChI=1S/C20H21N3O3S/c24-19-11-14(7-8-21-19)13-23-9-1-4-16(23)17-5-6-18(27-17)20(25)22-12-15-3-2-10-26-15/h2-3,5-8,10-11,16H,1,4,9,12-13H2,(H,21,24)(H,22,25)/t16-/m0/s1. The van der Waals surface area contributed by atoms with Gasteiger partial charge in [0.05, 0.1) is 17.7 Å². The van der Waals surface area contributed by atoms with Gasteiger partial charge in [0, 0.05) is 29.7 Å². The van der Waals surface area contributed by atoms with E-state index in [4.69, 9.17) is 4.42 Å². The van der Waals surface area contributed by atoms with Gasteiger partial charge in [-0.1, -0.05) is 0 Å². The van der Waals surface area contributed by atoms with Crippen molar-refractivity contribution in [3.05, 3.63) is 80.3 Å². The first-order valence-corrected chi connectivity index (χ1v) is 9.83. The van der Waals surface area contributed by atoms with E-state index < -0.39 is 0 Å². The van der Waals surface area contributed by atoms with Crippen LogP contribution in [0.15, 0.2) is 58.1 Å². The third kappa shape index (κ3) is 4.20. The highest BCUT2D eigenvalue weighted by atomic mass is 32.1. The van der Waals surface area contributed by atoms with E-state index >= 15 is 0 Å². The molecule has 1 fully saturated rings. The second kappa shape index (κ2) is 7.94. The summed E-state index contributed by atoms with van der Waals surface area (Å²) in [6, 6.07) is 11.5. The second-order valence-electron chi connectivity index (χ2n) is 6.65. The van der Waals surface area contributed by atoms with Crippen molar-refractivity contribution in [1.82, 2.24) is 15.2 Å². The molecule has 1 atom stereocenters. The van der Waals surface area contributed by atoms with Gasteiger partial charge in [0.1, 0.15) is 5.76 Å². The first-order chi connectivity index (χ1) is 13.2. The molecule has 1 amide bonds. The molecule has 1 saturated heterocycles. The van der Waals surface area contributed by atoms with Crippen molar-refractivity contribution in [2.45, 2.75) is 32.0 Å². The summed E-state index contributed by atoms with van der Waals surface area (Å²) in [4.78, 5) is 30.8. The molecular weight excluding hydrogens is 362 g/mol. The zero-order valence-corrected chi connectivity index (χ0v) is 15.6. The van der Waals surface area contributed by atoms with Gasteiger partial charge in [0.15, 0.2) is 0 Å². The maximum Gasteiger partial charge on any atom is 0.261 e. The number of pyridine rings is 1. The number of hydrogen-bond donors (Lipinski definition) is 2. The molecule has 1 aliphatic heterocycles. The third-order valence-electron chi connectivity index (χ3n) is 4.77. The summed E-state index contributed by atoms with van der Waals surface area (Å²) in [6.45, 7) is 2.12. The molecule has 4 heterocycles. The van der Waals surface area contributed by atoms with Gasteiger partial charge in [-0.25, -0.2) is 0 Å². The van der Waals surface area contributed by atoms with Crippen LogP contribution in [0.1, 0.15) is 44.8 Å². The Bertz CT molecular complexity index is 961. The molecule has 0 aliphatic carbocycles. The fraction of sp³-hybridized carbons (Fsp3) is 0.300. The van der Waals surface area contributed by atoms with E-state index in [9.17, 15) is 9.59 Å². The van der Waals surface area contributed by atoms with Crippen LogP contribution in [-0.4, -0.2) is 22.3 Å². The molecule has 0 unspecified atom stereocenters. The van der Waals surface area contributed by atoms with Crippen LogP contribution in [0.25, 0.3) is 0 Å². The number of hydrogen-bond acceptors (Lipinski definition) is 5. The molecule has 27 heavy (non-hydrogen) atoms. The topological polar surface area (TPSA) is 78.3 Å².